The Morgan fingerprint density at radius 2 is 2.12 bits per heavy atom. The van der Waals surface area contributed by atoms with Gasteiger partial charge in [0, 0.05) is 6.42 Å². The van der Waals surface area contributed by atoms with Gasteiger partial charge in [0.25, 0.3) is 6.20 Å². The van der Waals surface area contributed by atoms with Crippen LogP contribution in [0.1, 0.15) is 23.7 Å². The van der Waals surface area contributed by atoms with E-state index in [1.165, 1.54) is 10.9 Å². The van der Waals surface area contributed by atoms with Gasteiger partial charge in [-0.2, -0.15) is 0 Å². The van der Waals surface area contributed by atoms with Crippen LogP contribution in [0, 0.1) is 6.92 Å². The van der Waals surface area contributed by atoms with Crippen LogP contribution in [-0.2, 0) is 6.54 Å². The van der Waals surface area contributed by atoms with Crippen molar-refractivity contribution in [1.29, 1.82) is 0 Å². The molecule has 2 N–H and O–H groups in total. The van der Waals surface area contributed by atoms with Gasteiger partial charge in [-0.15, -0.1) is 0 Å². The quantitative estimate of drug-likeness (QED) is 0.766. The summed E-state index contributed by atoms with van der Waals surface area (Å²) in [5.41, 5.74) is 1.62. The highest BCUT2D eigenvalue weighted by Crippen LogP contribution is 2.16. The van der Waals surface area contributed by atoms with Crippen LogP contribution in [-0.4, -0.2) is 10.4 Å². The number of aliphatic hydroxyl groups excluding tert-OH is 1. The third kappa shape index (κ3) is 3.04. The first-order valence-corrected chi connectivity index (χ1v) is 5.48. The molecule has 0 spiro atoms. The average molecular weight is 235 g/mol. The Labute approximate surface area is 98.3 Å². The van der Waals surface area contributed by atoms with Crippen molar-refractivity contribution >= 4 is 0 Å². The molecule has 2 aromatic rings. The zero-order chi connectivity index (χ0) is 12.3. The largest absolute Gasteiger partial charge is 0.426 e. The normalized spacial score (nSPS) is 12.6. The van der Waals surface area contributed by atoms with Crippen molar-refractivity contribution in [2.75, 3.05) is 0 Å². The van der Waals surface area contributed by atoms with E-state index >= 15 is 0 Å². The molecular weight excluding hydrogens is 220 g/mol. The Morgan fingerprint density at radius 1 is 1.41 bits per heavy atom. The van der Waals surface area contributed by atoms with E-state index in [1.54, 1.807) is 0 Å². The fourth-order valence-electron chi connectivity index (χ4n) is 1.61. The second-order valence-corrected chi connectivity index (χ2v) is 4.05. The number of H-pyrrole nitrogens is 1. The summed E-state index contributed by atoms with van der Waals surface area (Å²) in [6, 6.07) is 7.74. The molecule has 1 unspecified atom stereocenters. The fourth-order valence-corrected chi connectivity index (χ4v) is 1.61. The molecule has 1 aromatic heterocycles. The second kappa shape index (κ2) is 4.97. The molecule has 0 fully saturated rings. The molecule has 0 amide bonds. The Kier molecular flexibility index (Phi) is 3.39. The van der Waals surface area contributed by atoms with E-state index in [0.717, 1.165) is 11.1 Å². The highest BCUT2D eigenvalue weighted by atomic mass is 16.5. The Balaban J connectivity index is 1.95. The average Bonchev–Trinajstić information content (AvgIpc) is 2.73. The highest BCUT2D eigenvalue weighted by Gasteiger charge is 2.12. The smallest absolute Gasteiger partial charge is 0.388 e. The minimum atomic E-state index is -0.540. The molecule has 5 heteroatoms. The zero-order valence-corrected chi connectivity index (χ0v) is 9.59. The van der Waals surface area contributed by atoms with Gasteiger partial charge in [-0.1, -0.05) is 34.5 Å². The lowest BCUT2D eigenvalue weighted by molar-refractivity contribution is -0.763. The Morgan fingerprint density at radius 3 is 2.71 bits per heavy atom. The van der Waals surface area contributed by atoms with Gasteiger partial charge in [0.05, 0.1) is 6.10 Å². The SMILES string of the molecule is Cc1ccc(C(O)CC[n+]2cc(=O)o[nH]2)cc1. The Bertz CT molecular complexity index is 527. The number of nitrogens with zero attached hydrogens (tertiary/aromatic N) is 1. The summed E-state index contributed by atoms with van der Waals surface area (Å²) >= 11 is 0. The van der Waals surface area contributed by atoms with Gasteiger partial charge in [0.1, 0.15) is 0 Å². The molecule has 5 nitrogen and oxygen atoms in total. The van der Waals surface area contributed by atoms with Gasteiger partial charge in [0.15, 0.2) is 6.54 Å². The summed E-state index contributed by atoms with van der Waals surface area (Å²) in [4.78, 5) is 10.8. The van der Waals surface area contributed by atoms with E-state index in [4.69, 9.17) is 0 Å². The van der Waals surface area contributed by atoms with Gasteiger partial charge in [-0.25, -0.2) is 4.79 Å². The number of nitrogens with one attached hydrogen (secondary N) is 1. The molecule has 0 saturated heterocycles. The van der Waals surface area contributed by atoms with Crippen molar-refractivity contribution in [3.05, 3.63) is 52.0 Å². The number of aromatic amines is 1. The number of hydrogen-bond acceptors (Lipinski definition) is 3. The van der Waals surface area contributed by atoms with Crippen LogP contribution < -0.4 is 10.3 Å². The number of benzene rings is 1. The lowest BCUT2D eigenvalue weighted by atomic mass is 10.1. The van der Waals surface area contributed by atoms with Crippen LogP contribution in [0.2, 0.25) is 0 Å². The van der Waals surface area contributed by atoms with Gasteiger partial charge < -0.3 is 5.11 Å². The number of hydrogen-bond donors (Lipinski definition) is 2. The minimum Gasteiger partial charge on any atom is -0.388 e. The van der Waals surface area contributed by atoms with Crippen molar-refractivity contribution in [3.63, 3.8) is 0 Å². The number of aromatic nitrogens is 2. The van der Waals surface area contributed by atoms with Crippen molar-refractivity contribution < 1.29 is 14.3 Å². The summed E-state index contributed by atoms with van der Waals surface area (Å²) in [5.74, 6) is 0. The summed E-state index contributed by atoms with van der Waals surface area (Å²) < 4.78 is 6.03. The molecule has 17 heavy (non-hydrogen) atoms. The van der Waals surface area contributed by atoms with E-state index in [1.807, 2.05) is 31.2 Å². The molecule has 0 aliphatic heterocycles. The fraction of sp³-hybridized carbons (Fsp3) is 0.333. The zero-order valence-electron chi connectivity index (χ0n) is 9.59. The predicted octanol–water partition coefficient (Wildman–Crippen LogP) is 0.688. The molecule has 1 heterocycles. The topological polar surface area (TPSA) is 70.1 Å². The van der Waals surface area contributed by atoms with E-state index in [0.29, 0.717) is 13.0 Å². The summed E-state index contributed by atoms with van der Waals surface area (Å²) in [6.07, 6.45) is 1.30. The third-order valence-corrected chi connectivity index (χ3v) is 2.63. The predicted molar refractivity (Wildman–Crippen MR) is 60.3 cm³/mol. The Hall–Kier alpha value is -1.88. The molecule has 0 bridgehead atoms. The number of aryl methyl sites for hydroxylation is 2. The monoisotopic (exact) mass is 235 g/mol. The van der Waals surface area contributed by atoms with Crippen LogP contribution in [0.5, 0.6) is 0 Å². The van der Waals surface area contributed by atoms with E-state index in [2.05, 4.69) is 9.79 Å². The van der Waals surface area contributed by atoms with E-state index in [-0.39, 0.29) is 0 Å². The third-order valence-electron chi connectivity index (χ3n) is 2.63. The molecular formula is C12H15N2O3+. The maximum Gasteiger partial charge on any atom is 0.426 e. The van der Waals surface area contributed by atoms with Gasteiger partial charge in [0.2, 0.25) is 0 Å². The maximum absolute atomic E-state index is 10.8. The first-order valence-electron chi connectivity index (χ1n) is 5.48. The number of rotatable bonds is 4. The van der Waals surface area contributed by atoms with Crippen LogP contribution >= 0.6 is 0 Å². The van der Waals surface area contributed by atoms with Crippen LogP contribution in [0.3, 0.4) is 0 Å². The molecule has 0 saturated carbocycles. The molecule has 1 atom stereocenters. The van der Waals surface area contributed by atoms with Crippen LogP contribution in [0.4, 0.5) is 0 Å². The maximum atomic E-state index is 10.8. The van der Waals surface area contributed by atoms with E-state index in [9.17, 15) is 9.90 Å². The van der Waals surface area contributed by atoms with Crippen molar-refractivity contribution in [2.45, 2.75) is 26.0 Å². The molecule has 90 valence electrons. The molecule has 1 aromatic carbocycles. The number of aliphatic hydroxyl groups is 1. The summed E-state index contributed by atoms with van der Waals surface area (Å²) in [7, 11) is 0. The van der Waals surface area contributed by atoms with Crippen LogP contribution in [0.15, 0.2) is 39.8 Å². The first kappa shape index (κ1) is 11.6. The highest BCUT2D eigenvalue weighted by molar-refractivity contribution is 5.22. The first-order chi connectivity index (χ1) is 8.15. The molecule has 0 radical (unpaired) electrons. The summed E-state index contributed by atoms with van der Waals surface area (Å²) in [6.45, 7) is 2.50. The lowest BCUT2D eigenvalue weighted by Crippen LogP contribution is -2.36. The molecule has 2 rings (SSSR count). The van der Waals surface area contributed by atoms with Gasteiger partial charge in [-0.3, -0.25) is 4.52 Å². The van der Waals surface area contributed by atoms with Crippen LogP contribution in [0.25, 0.3) is 0 Å². The second-order valence-electron chi connectivity index (χ2n) is 4.05. The molecule has 0 aliphatic carbocycles. The summed E-state index contributed by atoms with van der Waals surface area (Å²) in [5, 5.41) is 12.4. The van der Waals surface area contributed by atoms with Crippen molar-refractivity contribution in [1.82, 2.24) is 5.27 Å². The van der Waals surface area contributed by atoms with Crippen molar-refractivity contribution in [3.8, 4) is 0 Å². The molecule has 0 aliphatic rings. The lowest BCUT2D eigenvalue weighted by Gasteiger charge is -2.08. The van der Waals surface area contributed by atoms with Gasteiger partial charge >= 0.3 is 5.63 Å². The van der Waals surface area contributed by atoms with Crippen molar-refractivity contribution in [2.24, 2.45) is 0 Å². The van der Waals surface area contributed by atoms with Gasteiger partial charge in [-0.05, 0) is 17.8 Å². The standard InChI is InChI=1S/C12H14N2O3/c1-9-2-4-10(5-3-9)11(15)6-7-14-8-12(16)17-13-14/h2-5,8,11,15H,6-7H2,1H3/p+1. The minimum absolute atomic E-state index is 0.421. The van der Waals surface area contributed by atoms with E-state index < -0.39 is 11.7 Å².